The summed E-state index contributed by atoms with van der Waals surface area (Å²) in [6.07, 6.45) is 0. The normalized spacial score (nSPS) is 10.5. The highest BCUT2D eigenvalue weighted by molar-refractivity contribution is 6.30. The van der Waals surface area contributed by atoms with Gasteiger partial charge in [-0.25, -0.2) is 4.79 Å². The third kappa shape index (κ3) is 3.46. The second-order valence-electron chi connectivity index (χ2n) is 5.24. The smallest absolute Gasteiger partial charge is 0.357 e. The lowest BCUT2D eigenvalue weighted by atomic mass is 10.0. The zero-order chi connectivity index (χ0) is 17.8. The average Bonchev–Trinajstić information content (AvgIpc) is 2.63. The molecule has 0 amide bonds. The predicted molar refractivity (Wildman–Crippen MR) is 96.7 cm³/mol. The zero-order valence-corrected chi connectivity index (χ0v) is 14.2. The second kappa shape index (κ2) is 7.32. The van der Waals surface area contributed by atoms with Gasteiger partial charge >= 0.3 is 5.97 Å². The van der Waals surface area contributed by atoms with Crippen LogP contribution in [0.15, 0.2) is 59.4 Å². The van der Waals surface area contributed by atoms with E-state index in [4.69, 9.17) is 16.3 Å². The molecule has 6 heteroatoms. The first-order valence-electron chi connectivity index (χ1n) is 7.73. The molecule has 0 unspecified atom stereocenters. The third-order valence-electron chi connectivity index (χ3n) is 3.63. The lowest BCUT2D eigenvalue weighted by Crippen LogP contribution is -2.20. The molecule has 126 valence electrons. The van der Waals surface area contributed by atoms with Crippen molar-refractivity contribution >= 4 is 17.6 Å². The molecule has 0 bridgehead atoms. The van der Waals surface area contributed by atoms with Gasteiger partial charge in [-0.2, -0.15) is 5.10 Å². The Morgan fingerprint density at radius 2 is 1.76 bits per heavy atom. The molecule has 0 aliphatic heterocycles. The largest absolute Gasteiger partial charge is 0.461 e. The van der Waals surface area contributed by atoms with E-state index in [-0.39, 0.29) is 29.0 Å². The number of carbonyl (C=O) groups excluding carboxylic acids is 1. The van der Waals surface area contributed by atoms with E-state index in [1.54, 1.807) is 43.3 Å². The Labute approximate surface area is 149 Å². The molecule has 1 N–H and O–H groups in total. The molecule has 25 heavy (non-hydrogen) atoms. The van der Waals surface area contributed by atoms with Crippen LogP contribution in [-0.2, 0) is 4.74 Å². The number of nitrogens with one attached hydrogen (secondary N) is 1. The van der Waals surface area contributed by atoms with Crippen LogP contribution >= 0.6 is 11.6 Å². The Hall–Kier alpha value is -2.92. The van der Waals surface area contributed by atoms with Crippen molar-refractivity contribution in [2.45, 2.75) is 6.92 Å². The number of halogens is 1. The number of rotatable bonds is 4. The summed E-state index contributed by atoms with van der Waals surface area (Å²) in [7, 11) is 0. The SMILES string of the molecule is CCOC(=O)c1[nH]nc(-c2ccccc2)c(=O)c1-c1ccc(Cl)cc1. The number of hydrogen-bond acceptors (Lipinski definition) is 4. The number of ether oxygens (including phenoxy) is 1. The van der Waals surface area contributed by atoms with Gasteiger partial charge in [0, 0.05) is 10.6 Å². The van der Waals surface area contributed by atoms with Gasteiger partial charge in [-0.15, -0.1) is 0 Å². The maximum Gasteiger partial charge on any atom is 0.357 e. The maximum absolute atomic E-state index is 13.1. The monoisotopic (exact) mass is 354 g/mol. The highest BCUT2D eigenvalue weighted by Gasteiger charge is 2.21. The van der Waals surface area contributed by atoms with E-state index in [0.717, 1.165) is 0 Å². The van der Waals surface area contributed by atoms with E-state index in [1.165, 1.54) is 0 Å². The number of carbonyl (C=O) groups is 1. The minimum absolute atomic E-state index is 0.0221. The van der Waals surface area contributed by atoms with Crippen molar-refractivity contribution in [3.05, 3.63) is 75.5 Å². The summed E-state index contributed by atoms with van der Waals surface area (Å²) >= 11 is 5.93. The molecule has 3 rings (SSSR count). The minimum Gasteiger partial charge on any atom is -0.461 e. The van der Waals surface area contributed by atoms with Crippen LogP contribution in [0.1, 0.15) is 17.4 Å². The van der Waals surface area contributed by atoms with Gasteiger partial charge in [0.15, 0.2) is 5.69 Å². The highest BCUT2D eigenvalue weighted by Crippen LogP contribution is 2.24. The molecule has 5 nitrogen and oxygen atoms in total. The Kier molecular flexibility index (Phi) is 4.95. The predicted octanol–water partition coefficient (Wildman–Crippen LogP) is 3.93. The third-order valence-corrected chi connectivity index (χ3v) is 3.88. The van der Waals surface area contributed by atoms with E-state index in [2.05, 4.69) is 10.2 Å². The molecule has 0 saturated carbocycles. The van der Waals surface area contributed by atoms with Crippen LogP contribution in [-0.4, -0.2) is 22.8 Å². The topological polar surface area (TPSA) is 72.1 Å². The summed E-state index contributed by atoms with van der Waals surface area (Å²) in [4.78, 5) is 25.3. The maximum atomic E-state index is 13.1. The number of aromatic amines is 1. The first-order valence-corrected chi connectivity index (χ1v) is 8.10. The summed E-state index contributed by atoms with van der Waals surface area (Å²) in [5.41, 5.74) is 1.34. The van der Waals surface area contributed by atoms with Gasteiger partial charge in [-0.05, 0) is 24.6 Å². The highest BCUT2D eigenvalue weighted by atomic mass is 35.5. The molecular weight excluding hydrogens is 340 g/mol. The molecule has 1 heterocycles. The molecule has 0 spiro atoms. The molecule has 0 radical (unpaired) electrons. The number of esters is 1. The minimum atomic E-state index is -0.628. The fraction of sp³-hybridized carbons (Fsp3) is 0.105. The van der Waals surface area contributed by atoms with Crippen LogP contribution < -0.4 is 5.43 Å². The quantitative estimate of drug-likeness (QED) is 0.720. The summed E-state index contributed by atoms with van der Waals surface area (Å²) in [5, 5.41) is 7.31. The number of nitrogens with zero attached hydrogens (tertiary/aromatic N) is 1. The number of H-pyrrole nitrogens is 1. The van der Waals surface area contributed by atoms with Crippen molar-refractivity contribution in [3.8, 4) is 22.4 Å². The van der Waals surface area contributed by atoms with Crippen molar-refractivity contribution in [1.29, 1.82) is 0 Å². The lowest BCUT2D eigenvalue weighted by Gasteiger charge is -2.10. The van der Waals surface area contributed by atoms with Crippen molar-refractivity contribution in [1.82, 2.24) is 10.2 Å². The van der Waals surface area contributed by atoms with Crippen LogP contribution in [0, 0.1) is 0 Å². The summed E-state index contributed by atoms with van der Waals surface area (Å²) in [5.74, 6) is -0.628. The molecule has 2 aromatic carbocycles. The molecular formula is C19H15ClN2O3. The second-order valence-corrected chi connectivity index (χ2v) is 5.68. The number of hydrogen-bond donors (Lipinski definition) is 1. The van der Waals surface area contributed by atoms with Gasteiger partial charge in [0.2, 0.25) is 5.43 Å². The molecule has 1 aromatic heterocycles. The number of benzene rings is 2. The Balaban J connectivity index is 2.25. The van der Waals surface area contributed by atoms with Crippen LogP contribution in [0.2, 0.25) is 5.02 Å². The van der Waals surface area contributed by atoms with Gasteiger partial charge < -0.3 is 4.74 Å². The molecule has 0 aliphatic carbocycles. The molecule has 3 aromatic rings. The van der Waals surface area contributed by atoms with Gasteiger partial charge in [0.25, 0.3) is 0 Å². The van der Waals surface area contributed by atoms with Crippen molar-refractivity contribution in [2.24, 2.45) is 0 Å². The van der Waals surface area contributed by atoms with Crippen LogP contribution in [0.25, 0.3) is 22.4 Å². The first-order chi connectivity index (χ1) is 12.1. The average molecular weight is 355 g/mol. The fourth-order valence-corrected chi connectivity index (χ4v) is 2.61. The van der Waals surface area contributed by atoms with E-state index in [1.807, 2.05) is 18.2 Å². The van der Waals surface area contributed by atoms with E-state index in [0.29, 0.717) is 16.1 Å². The molecule has 0 fully saturated rings. The van der Waals surface area contributed by atoms with Crippen molar-refractivity contribution < 1.29 is 9.53 Å². The molecule has 0 atom stereocenters. The van der Waals surface area contributed by atoms with Crippen LogP contribution in [0.5, 0.6) is 0 Å². The summed E-state index contributed by atoms with van der Waals surface area (Å²) in [6, 6.07) is 15.7. The molecule has 0 aliphatic rings. The van der Waals surface area contributed by atoms with Gasteiger partial charge in [-0.3, -0.25) is 9.89 Å². The molecule has 0 saturated heterocycles. The van der Waals surface area contributed by atoms with E-state index >= 15 is 0 Å². The van der Waals surface area contributed by atoms with E-state index in [9.17, 15) is 9.59 Å². The Morgan fingerprint density at radius 1 is 1.08 bits per heavy atom. The van der Waals surface area contributed by atoms with Crippen molar-refractivity contribution in [3.63, 3.8) is 0 Å². The summed E-state index contributed by atoms with van der Waals surface area (Å²) < 4.78 is 5.04. The Bertz CT molecular complexity index is 951. The fourth-order valence-electron chi connectivity index (χ4n) is 2.49. The van der Waals surface area contributed by atoms with Crippen LogP contribution in [0.3, 0.4) is 0 Å². The zero-order valence-electron chi connectivity index (χ0n) is 13.5. The lowest BCUT2D eigenvalue weighted by molar-refractivity contribution is 0.0519. The van der Waals surface area contributed by atoms with Gasteiger partial charge in [0.1, 0.15) is 5.69 Å². The number of aromatic nitrogens is 2. The standard InChI is InChI=1S/C19H15ClN2O3/c1-2-25-19(24)17-15(12-8-10-14(20)11-9-12)18(23)16(21-22-17)13-6-4-3-5-7-13/h3-11H,2H2,1H3,(H,22,23). The van der Waals surface area contributed by atoms with Crippen LogP contribution in [0.4, 0.5) is 0 Å². The van der Waals surface area contributed by atoms with Gasteiger partial charge in [-0.1, -0.05) is 54.1 Å². The first kappa shape index (κ1) is 16.9. The Morgan fingerprint density at radius 3 is 2.40 bits per heavy atom. The summed E-state index contributed by atoms with van der Waals surface area (Å²) in [6.45, 7) is 1.89. The van der Waals surface area contributed by atoms with Gasteiger partial charge in [0.05, 0.1) is 12.2 Å². The van der Waals surface area contributed by atoms with Crippen molar-refractivity contribution in [2.75, 3.05) is 6.61 Å². The van der Waals surface area contributed by atoms with E-state index < -0.39 is 5.97 Å².